The molecule has 3 aliphatic rings. The van der Waals surface area contributed by atoms with Gasteiger partial charge in [-0.05, 0) is 97.2 Å². The lowest BCUT2D eigenvalue weighted by molar-refractivity contribution is -0.00111. The van der Waals surface area contributed by atoms with Gasteiger partial charge in [0.1, 0.15) is 11.4 Å². The number of aryl methyl sites for hydroxylation is 1. The Labute approximate surface area is 230 Å². The third kappa shape index (κ3) is 5.07. The summed E-state index contributed by atoms with van der Waals surface area (Å²) in [4.78, 5) is 21.4. The fourth-order valence-electron chi connectivity index (χ4n) is 5.44. The van der Waals surface area contributed by atoms with E-state index in [1.165, 1.54) is 24.0 Å². The SMILES string of the molecule is CCOc1cc(-c2nc(C)no2)c(C2CC2)cc1CN1CCC2(CC1)CN(c1ccc(I)cc1)C(=O)O2. The van der Waals surface area contributed by atoms with Crippen molar-refractivity contribution in [3.8, 4) is 17.2 Å². The third-order valence-corrected chi connectivity index (χ3v) is 8.30. The molecule has 0 bridgehead atoms. The highest BCUT2D eigenvalue weighted by Gasteiger charge is 2.47. The zero-order valence-electron chi connectivity index (χ0n) is 21.2. The van der Waals surface area contributed by atoms with Crippen LogP contribution in [0.2, 0.25) is 0 Å². The fraction of sp³-hybridized carbons (Fsp3) is 0.464. The third-order valence-electron chi connectivity index (χ3n) is 7.58. The Morgan fingerprint density at radius 1 is 1.16 bits per heavy atom. The van der Waals surface area contributed by atoms with Gasteiger partial charge in [-0.25, -0.2) is 4.79 Å². The maximum absolute atomic E-state index is 12.7. The highest BCUT2D eigenvalue weighted by Crippen LogP contribution is 2.46. The lowest BCUT2D eigenvalue weighted by Gasteiger charge is -2.37. The number of hydrogen-bond donors (Lipinski definition) is 0. The van der Waals surface area contributed by atoms with Crippen molar-refractivity contribution in [2.24, 2.45) is 0 Å². The largest absolute Gasteiger partial charge is 0.494 e. The second-order valence-electron chi connectivity index (χ2n) is 10.3. The van der Waals surface area contributed by atoms with Crippen molar-refractivity contribution in [3.63, 3.8) is 0 Å². The highest BCUT2D eigenvalue weighted by atomic mass is 127. The van der Waals surface area contributed by atoms with Crippen LogP contribution in [0, 0.1) is 10.5 Å². The lowest BCUT2D eigenvalue weighted by Crippen LogP contribution is -2.46. The molecule has 6 rings (SSSR count). The lowest BCUT2D eigenvalue weighted by atomic mass is 9.90. The number of ether oxygens (including phenoxy) is 2. The Kier molecular flexibility index (Phi) is 6.60. The second-order valence-corrected chi connectivity index (χ2v) is 11.5. The van der Waals surface area contributed by atoms with Crippen molar-refractivity contribution in [2.75, 3.05) is 31.1 Å². The van der Waals surface area contributed by atoms with Crippen molar-refractivity contribution in [1.29, 1.82) is 0 Å². The fourth-order valence-corrected chi connectivity index (χ4v) is 5.80. The van der Waals surface area contributed by atoms with Crippen LogP contribution in [0.25, 0.3) is 11.5 Å². The first-order valence-electron chi connectivity index (χ1n) is 13.0. The molecule has 1 saturated carbocycles. The predicted octanol–water partition coefficient (Wildman–Crippen LogP) is 5.92. The molecule has 1 spiro atoms. The maximum atomic E-state index is 12.7. The number of anilines is 1. The molecular weight excluding hydrogens is 583 g/mol. The number of hydrogen-bond acceptors (Lipinski definition) is 7. The molecule has 2 aliphatic heterocycles. The Balaban J connectivity index is 1.18. The van der Waals surface area contributed by atoms with E-state index in [4.69, 9.17) is 14.0 Å². The number of likely N-dealkylation sites (tertiary alicyclic amines) is 1. The first-order valence-corrected chi connectivity index (χ1v) is 14.1. The van der Waals surface area contributed by atoms with Crippen LogP contribution in [0.4, 0.5) is 10.5 Å². The molecule has 2 saturated heterocycles. The minimum Gasteiger partial charge on any atom is -0.494 e. The van der Waals surface area contributed by atoms with Gasteiger partial charge in [0.25, 0.3) is 5.89 Å². The number of amides is 1. The van der Waals surface area contributed by atoms with Gasteiger partial charge in [0.15, 0.2) is 5.82 Å². The smallest absolute Gasteiger partial charge is 0.415 e. The van der Waals surface area contributed by atoms with Crippen LogP contribution in [0.3, 0.4) is 0 Å². The summed E-state index contributed by atoms with van der Waals surface area (Å²) >= 11 is 2.27. The average molecular weight is 614 g/mol. The van der Waals surface area contributed by atoms with E-state index in [1.807, 2.05) is 38.1 Å². The molecule has 0 atom stereocenters. The van der Waals surface area contributed by atoms with E-state index in [0.29, 0.717) is 30.8 Å². The van der Waals surface area contributed by atoms with Crippen molar-refractivity contribution < 1.29 is 18.8 Å². The van der Waals surface area contributed by atoms with E-state index in [9.17, 15) is 4.79 Å². The highest BCUT2D eigenvalue weighted by molar-refractivity contribution is 14.1. The molecule has 2 aromatic carbocycles. The molecule has 1 amide bonds. The number of rotatable bonds is 7. The van der Waals surface area contributed by atoms with E-state index in [-0.39, 0.29) is 6.09 Å². The van der Waals surface area contributed by atoms with Crippen LogP contribution in [0.1, 0.15) is 55.5 Å². The molecule has 194 valence electrons. The summed E-state index contributed by atoms with van der Waals surface area (Å²) in [6.45, 7) is 7.56. The van der Waals surface area contributed by atoms with Gasteiger partial charge in [0.2, 0.25) is 0 Å². The molecule has 1 aliphatic carbocycles. The number of benzene rings is 2. The van der Waals surface area contributed by atoms with Crippen molar-refractivity contribution in [2.45, 2.75) is 57.6 Å². The molecule has 1 aromatic heterocycles. The van der Waals surface area contributed by atoms with Crippen LogP contribution in [0.5, 0.6) is 5.75 Å². The molecular formula is C28H31IN4O4. The van der Waals surface area contributed by atoms with Gasteiger partial charge in [0, 0.05) is 52.9 Å². The Bertz CT molecular complexity index is 1300. The normalized spacial score (nSPS) is 19.4. The molecule has 0 N–H and O–H groups in total. The second kappa shape index (κ2) is 9.90. The molecule has 8 nitrogen and oxygen atoms in total. The number of nitrogens with zero attached hydrogens (tertiary/aromatic N) is 4. The summed E-state index contributed by atoms with van der Waals surface area (Å²) in [7, 11) is 0. The number of carbonyl (C=O) groups is 1. The first kappa shape index (κ1) is 24.7. The standard InChI is InChI=1S/C28H31IN4O4/c1-3-35-25-15-24(26-30-18(2)31-37-26)23(19-4-5-19)14-20(25)16-32-12-10-28(11-13-32)17-33(27(34)36-28)22-8-6-21(29)7-9-22/h6-9,14-15,19H,3-5,10-13,16-17H2,1-2H3. The molecule has 37 heavy (non-hydrogen) atoms. The van der Waals surface area contributed by atoms with Crippen LogP contribution >= 0.6 is 22.6 Å². The van der Waals surface area contributed by atoms with Crippen LogP contribution in [-0.4, -0.2) is 53.0 Å². The van der Waals surface area contributed by atoms with E-state index < -0.39 is 5.60 Å². The Morgan fingerprint density at radius 2 is 1.92 bits per heavy atom. The van der Waals surface area contributed by atoms with Crippen LogP contribution in [0.15, 0.2) is 40.9 Å². The summed E-state index contributed by atoms with van der Waals surface area (Å²) in [6.07, 6.45) is 3.76. The molecule has 9 heteroatoms. The zero-order chi connectivity index (χ0) is 25.6. The summed E-state index contributed by atoms with van der Waals surface area (Å²) in [5.41, 5.74) is 3.92. The van der Waals surface area contributed by atoms with Crippen molar-refractivity contribution in [1.82, 2.24) is 15.0 Å². The zero-order valence-corrected chi connectivity index (χ0v) is 23.4. The molecule has 0 unspecified atom stereocenters. The topological polar surface area (TPSA) is 80.9 Å². The van der Waals surface area contributed by atoms with Gasteiger partial charge in [0.05, 0.1) is 13.2 Å². The van der Waals surface area contributed by atoms with Crippen LogP contribution in [-0.2, 0) is 11.3 Å². The van der Waals surface area contributed by atoms with E-state index in [1.54, 1.807) is 4.90 Å². The Morgan fingerprint density at radius 3 is 2.57 bits per heavy atom. The van der Waals surface area contributed by atoms with Gasteiger partial charge >= 0.3 is 6.09 Å². The van der Waals surface area contributed by atoms with Gasteiger partial charge < -0.3 is 14.0 Å². The molecule has 3 aromatic rings. The number of piperidine rings is 1. The summed E-state index contributed by atoms with van der Waals surface area (Å²) in [5.74, 6) is 2.60. The molecule has 3 heterocycles. The Hall–Kier alpha value is -2.66. The number of halogens is 1. The molecule has 3 fully saturated rings. The first-order chi connectivity index (χ1) is 17.9. The predicted molar refractivity (Wildman–Crippen MR) is 148 cm³/mol. The minimum atomic E-state index is -0.418. The summed E-state index contributed by atoms with van der Waals surface area (Å²) in [6, 6.07) is 12.4. The quantitative estimate of drug-likeness (QED) is 0.306. The maximum Gasteiger partial charge on any atom is 0.415 e. The van der Waals surface area contributed by atoms with Gasteiger partial charge in [-0.3, -0.25) is 9.80 Å². The van der Waals surface area contributed by atoms with Gasteiger partial charge in [-0.1, -0.05) is 5.16 Å². The van der Waals surface area contributed by atoms with E-state index in [0.717, 1.165) is 53.0 Å². The van der Waals surface area contributed by atoms with Crippen molar-refractivity contribution in [3.05, 3.63) is 56.9 Å². The summed E-state index contributed by atoms with van der Waals surface area (Å²) in [5, 5.41) is 4.00. The summed E-state index contributed by atoms with van der Waals surface area (Å²) < 4.78 is 18.7. The average Bonchev–Trinajstić information content (AvgIpc) is 3.57. The van der Waals surface area contributed by atoms with E-state index >= 15 is 0 Å². The van der Waals surface area contributed by atoms with E-state index in [2.05, 4.69) is 49.8 Å². The van der Waals surface area contributed by atoms with Crippen molar-refractivity contribution >= 4 is 34.4 Å². The van der Waals surface area contributed by atoms with Gasteiger partial charge in [-0.15, -0.1) is 0 Å². The minimum absolute atomic E-state index is 0.241. The monoisotopic (exact) mass is 614 g/mol. The number of carbonyl (C=O) groups excluding carboxylic acids is 1. The molecule has 0 radical (unpaired) electrons. The van der Waals surface area contributed by atoms with Crippen LogP contribution < -0.4 is 9.64 Å². The van der Waals surface area contributed by atoms with Gasteiger partial charge in [-0.2, -0.15) is 4.98 Å². The number of aromatic nitrogens is 2.